The van der Waals surface area contributed by atoms with Crippen LogP contribution in [0.15, 0.2) is 0 Å². The molecule has 3 unspecified atom stereocenters. The SMILES string of the molecule is O=C1OC(I)C2CCCCCCCCCC12. The Balaban J connectivity index is 1.96. The summed E-state index contributed by atoms with van der Waals surface area (Å²) in [7, 11) is 0. The third-order valence-corrected chi connectivity index (χ3v) is 5.12. The van der Waals surface area contributed by atoms with Gasteiger partial charge < -0.3 is 4.74 Å². The fraction of sp³-hybridized carbons (Fsp3) is 0.923. The van der Waals surface area contributed by atoms with Gasteiger partial charge in [0.25, 0.3) is 0 Å². The van der Waals surface area contributed by atoms with Gasteiger partial charge in [-0.2, -0.15) is 0 Å². The Bertz CT molecular complexity index is 242. The molecule has 0 N–H and O–H groups in total. The minimum Gasteiger partial charge on any atom is -0.451 e. The van der Waals surface area contributed by atoms with Gasteiger partial charge in [-0.05, 0) is 35.4 Å². The van der Waals surface area contributed by atoms with Crippen molar-refractivity contribution in [3.05, 3.63) is 0 Å². The minimum absolute atomic E-state index is 0.0728. The number of esters is 1. The van der Waals surface area contributed by atoms with E-state index in [1.165, 1.54) is 51.4 Å². The van der Waals surface area contributed by atoms with Crippen LogP contribution >= 0.6 is 22.6 Å². The lowest BCUT2D eigenvalue weighted by Gasteiger charge is -2.16. The second-order valence-corrected chi connectivity index (χ2v) is 6.34. The van der Waals surface area contributed by atoms with E-state index in [0.717, 1.165) is 6.42 Å². The number of carbonyl (C=O) groups is 1. The molecule has 2 rings (SSSR count). The first-order valence-electron chi connectivity index (χ1n) is 6.63. The van der Waals surface area contributed by atoms with E-state index in [0.29, 0.717) is 5.92 Å². The molecule has 3 heteroatoms. The number of cyclic esters (lactones) is 1. The van der Waals surface area contributed by atoms with Crippen LogP contribution in [0.4, 0.5) is 0 Å². The summed E-state index contributed by atoms with van der Waals surface area (Å²) in [4.78, 5) is 11.7. The first-order chi connectivity index (χ1) is 7.79. The molecule has 2 aliphatic rings. The van der Waals surface area contributed by atoms with Gasteiger partial charge in [0.05, 0.1) is 5.92 Å². The highest BCUT2D eigenvalue weighted by atomic mass is 127. The molecule has 0 spiro atoms. The number of fused-ring (bicyclic) bond motifs is 1. The van der Waals surface area contributed by atoms with Gasteiger partial charge in [-0.25, -0.2) is 0 Å². The predicted molar refractivity (Wildman–Crippen MR) is 72.4 cm³/mol. The maximum absolute atomic E-state index is 11.7. The van der Waals surface area contributed by atoms with E-state index in [9.17, 15) is 4.79 Å². The lowest BCUT2D eigenvalue weighted by atomic mass is 9.87. The molecule has 1 heterocycles. The average Bonchev–Trinajstić information content (AvgIpc) is 2.51. The molecule has 0 bridgehead atoms. The summed E-state index contributed by atoms with van der Waals surface area (Å²) in [6.45, 7) is 0. The van der Waals surface area contributed by atoms with Crippen LogP contribution in [-0.4, -0.2) is 10.1 Å². The Morgan fingerprint density at radius 2 is 1.50 bits per heavy atom. The van der Waals surface area contributed by atoms with Gasteiger partial charge in [-0.1, -0.05) is 44.9 Å². The van der Waals surface area contributed by atoms with Crippen LogP contribution < -0.4 is 0 Å². The monoisotopic (exact) mass is 336 g/mol. The van der Waals surface area contributed by atoms with Gasteiger partial charge in [0.15, 0.2) is 4.11 Å². The molecule has 0 amide bonds. The summed E-state index contributed by atoms with van der Waals surface area (Å²) >= 11 is 2.30. The van der Waals surface area contributed by atoms with Gasteiger partial charge in [-0.15, -0.1) is 0 Å². The largest absolute Gasteiger partial charge is 0.451 e. The van der Waals surface area contributed by atoms with Crippen LogP contribution in [0.5, 0.6) is 0 Å². The van der Waals surface area contributed by atoms with Crippen LogP contribution in [0.2, 0.25) is 0 Å². The summed E-state index contributed by atoms with van der Waals surface area (Å²) in [5.41, 5.74) is 0. The van der Waals surface area contributed by atoms with Crippen molar-refractivity contribution in [2.45, 2.75) is 61.9 Å². The molecular formula is C13H21IO2. The Morgan fingerprint density at radius 1 is 0.938 bits per heavy atom. The lowest BCUT2D eigenvalue weighted by molar-refractivity contribution is -0.141. The first kappa shape index (κ1) is 12.7. The normalized spacial score (nSPS) is 37.3. The van der Waals surface area contributed by atoms with Crippen molar-refractivity contribution in [2.24, 2.45) is 11.8 Å². The number of alkyl halides is 1. The fourth-order valence-corrected chi connectivity index (χ4v) is 4.05. The third kappa shape index (κ3) is 3.11. The molecular weight excluding hydrogens is 315 g/mol. The molecule has 16 heavy (non-hydrogen) atoms. The molecule has 0 radical (unpaired) electrons. The molecule has 1 saturated heterocycles. The highest BCUT2D eigenvalue weighted by Gasteiger charge is 2.42. The van der Waals surface area contributed by atoms with Gasteiger partial charge in [0, 0.05) is 5.92 Å². The maximum Gasteiger partial charge on any atom is 0.310 e. The number of ether oxygens (including phenoxy) is 1. The average molecular weight is 336 g/mol. The highest BCUT2D eigenvalue weighted by Crippen LogP contribution is 2.39. The Hall–Kier alpha value is 0.200. The molecule has 1 saturated carbocycles. The van der Waals surface area contributed by atoms with Gasteiger partial charge in [0.2, 0.25) is 0 Å². The standard InChI is InChI=1S/C13H21IO2/c14-12-10-8-6-4-2-1-3-5-7-9-11(10)13(15)16-12/h10-12H,1-9H2. The predicted octanol–water partition coefficient (Wildman–Crippen LogP) is 4.06. The minimum atomic E-state index is 0.0728. The number of hydrogen-bond donors (Lipinski definition) is 0. The summed E-state index contributed by atoms with van der Waals surface area (Å²) in [6, 6.07) is 0. The zero-order valence-corrected chi connectivity index (χ0v) is 11.9. The van der Waals surface area contributed by atoms with Crippen molar-refractivity contribution in [1.82, 2.24) is 0 Å². The zero-order valence-electron chi connectivity index (χ0n) is 9.79. The van der Waals surface area contributed by atoms with Gasteiger partial charge >= 0.3 is 5.97 Å². The third-order valence-electron chi connectivity index (χ3n) is 3.94. The highest BCUT2D eigenvalue weighted by molar-refractivity contribution is 14.1. The fourth-order valence-electron chi connectivity index (χ4n) is 2.94. The van der Waals surface area contributed by atoms with Crippen LogP contribution in [0.1, 0.15) is 57.8 Å². The van der Waals surface area contributed by atoms with Gasteiger partial charge in [0.1, 0.15) is 0 Å². The van der Waals surface area contributed by atoms with Crippen molar-refractivity contribution >= 4 is 28.6 Å². The topological polar surface area (TPSA) is 26.3 Å². The summed E-state index contributed by atoms with van der Waals surface area (Å²) in [5, 5.41) is 0. The summed E-state index contributed by atoms with van der Waals surface area (Å²) < 4.78 is 5.51. The number of hydrogen-bond acceptors (Lipinski definition) is 2. The molecule has 92 valence electrons. The molecule has 0 aromatic carbocycles. The van der Waals surface area contributed by atoms with E-state index in [2.05, 4.69) is 22.6 Å². The van der Waals surface area contributed by atoms with E-state index >= 15 is 0 Å². The Labute approximate surface area is 112 Å². The lowest BCUT2D eigenvalue weighted by Crippen LogP contribution is -2.17. The molecule has 3 atom stereocenters. The van der Waals surface area contributed by atoms with Crippen LogP contribution in [0, 0.1) is 11.8 Å². The maximum atomic E-state index is 11.7. The molecule has 2 fully saturated rings. The second-order valence-electron chi connectivity index (χ2n) is 5.11. The van der Waals surface area contributed by atoms with E-state index in [4.69, 9.17) is 4.74 Å². The quantitative estimate of drug-likeness (QED) is 0.379. The van der Waals surface area contributed by atoms with Crippen molar-refractivity contribution in [3.8, 4) is 0 Å². The van der Waals surface area contributed by atoms with E-state index in [1.807, 2.05) is 0 Å². The molecule has 1 aliphatic heterocycles. The summed E-state index contributed by atoms with van der Waals surface area (Å²) in [6.07, 6.45) is 11.5. The second kappa shape index (κ2) is 6.22. The number of rotatable bonds is 0. The van der Waals surface area contributed by atoms with E-state index in [1.54, 1.807) is 0 Å². The van der Waals surface area contributed by atoms with Crippen LogP contribution in [0.25, 0.3) is 0 Å². The van der Waals surface area contributed by atoms with Crippen molar-refractivity contribution in [3.63, 3.8) is 0 Å². The zero-order chi connectivity index (χ0) is 11.4. The van der Waals surface area contributed by atoms with Crippen molar-refractivity contribution in [1.29, 1.82) is 0 Å². The van der Waals surface area contributed by atoms with Crippen molar-refractivity contribution in [2.75, 3.05) is 0 Å². The number of halogens is 1. The first-order valence-corrected chi connectivity index (χ1v) is 7.88. The summed E-state index contributed by atoms with van der Waals surface area (Å²) in [5.74, 6) is 0.773. The van der Waals surface area contributed by atoms with Crippen LogP contribution in [-0.2, 0) is 9.53 Å². The van der Waals surface area contributed by atoms with Crippen LogP contribution in [0.3, 0.4) is 0 Å². The Kier molecular flexibility index (Phi) is 4.92. The van der Waals surface area contributed by atoms with E-state index in [-0.39, 0.29) is 16.0 Å². The van der Waals surface area contributed by atoms with Crippen molar-refractivity contribution < 1.29 is 9.53 Å². The van der Waals surface area contributed by atoms with Gasteiger partial charge in [-0.3, -0.25) is 4.79 Å². The molecule has 2 nitrogen and oxygen atoms in total. The van der Waals surface area contributed by atoms with E-state index < -0.39 is 0 Å². The Morgan fingerprint density at radius 3 is 2.19 bits per heavy atom. The molecule has 0 aromatic heterocycles. The smallest absolute Gasteiger partial charge is 0.310 e. The molecule has 1 aliphatic carbocycles. The number of carbonyl (C=O) groups excluding carboxylic acids is 1. The molecule has 0 aromatic rings.